The number of likely N-dealkylation sites (tertiary alicyclic amines) is 1. The first kappa shape index (κ1) is 26.0. The predicted octanol–water partition coefficient (Wildman–Crippen LogP) is 4.43. The molecule has 1 fully saturated rings. The van der Waals surface area contributed by atoms with Crippen molar-refractivity contribution in [1.29, 1.82) is 0 Å². The molecule has 2 aromatic carbocycles. The standard InChI is InChI=1S/C30H30N4O5/c35-29(22-7-10-25(11-8-22)39-28-6-1-2-15-31-28)33-24-9-12-27(32-19-24)34-16-13-21(14-17-34)20-38-26-5-3-4-23(18-26)30(36)37/h1-12,15,18,21,24H,13-14,16-17,19-20H2,(H,33,35)(H,36,37). The predicted molar refractivity (Wildman–Crippen MR) is 147 cm³/mol. The van der Waals surface area contributed by atoms with Crippen LogP contribution in [0.3, 0.4) is 0 Å². The Hall–Kier alpha value is -4.66. The van der Waals surface area contributed by atoms with E-state index in [0.29, 0.717) is 42.0 Å². The second kappa shape index (κ2) is 12.3. The Morgan fingerprint density at radius 2 is 1.79 bits per heavy atom. The number of amidine groups is 1. The number of carbonyl (C=O) groups excluding carboxylic acids is 1. The number of aromatic nitrogens is 1. The zero-order valence-corrected chi connectivity index (χ0v) is 21.4. The molecule has 9 nitrogen and oxygen atoms in total. The lowest BCUT2D eigenvalue weighted by Gasteiger charge is -2.34. The number of hydrogen-bond donors (Lipinski definition) is 2. The number of ether oxygens (including phenoxy) is 2. The van der Waals surface area contributed by atoms with E-state index in [-0.39, 0.29) is 17.5 Å². The zero-order chi connectivity index (χ0) is 27.0. The topological polar surface area (TPSA) is 113 Å². The smallest absolute Gasteiger partial charge is 0.335 e. The average molecular weight is 527 g/mol. The van der Waals surface area contributed by atoms with E-state index < -0.39 is 5.97 Å². The Morgan fingerprint density at radius 1 is 0.974 bits per heavy atom. The molecule has 0 spiro atoms. The molecule has 1 amide bonds. The lowest BCUT2D eigenvalue weighted by atomic mass is 9.97. The van der Waals surface area contributed by atoms with Crippen LogP contribution in [0, 0.1) is 5.92 Å². The molecular weight excluding hydrogens is 496 g/mol. The van der Waals surface area contributed by atoms with E-state index >= 15 is 0 Å². The largest absolute Gasteiger partial charge is 0.493 e. The molecule has 0 bridgehead atoms. The number of dihydropyridines is 1. The highest BCUT2D eigenvalue weighted by Gasteiger charge is 2.23. The fraction of sp³-hybridized carbons (Fsp3) is 0.267. The van der Waals surface area contributed by atoms with Gasteiger partial charge in [0.05, 0.1) is 24.8 Å². The van der Waals surface area contributed by atoms with Crippen LogP contribution in [-0.4, -0.2) is 65.0 Å². The Labute approximate surface area is 226 Å². The van der Waals surface area contributed by atoms with Crippen LogP contribution in [0.25, 0.3) is 0 Å². The summed E-state index contributed by atoms with van der Waals surface area (Å²) >= 11 is 0. The van der Waals surface area contributed by atoms with Crippen LogP contribution in [0.5, 0.6) is 17.4 Å². The van der Waals surface area contributed by atoms with Gasteiger partial charge in [-0.2, -0.15) is 0 Å². The molecular formula is C30H30N4O5. The summed E-state index contributed by atoms with van der Waals surface area (Å²) in [6.45, 7) is 2.79. The van der Waals surface area contributed by atoms with Crippen molar-refractivity contribution in [3.05, 3.63) is 96.2 Å². The summed E-state index contributed by atoms with van der Waals surface area (Å²) in [4.78, 5) is 35.0. The maximum absolute atomic E-state index is 12.7. The summed E-state index contributed by atoms with van der Waals surface area (Å²) in [6, 6.07) is 18.8. The van der Waals surface area contributed by atoms with Crippen molar-refractivity contribution in [3.8, 4) is 17.4 Å². The highest BCUT2D eigenvalue weighted by atomic mass is 16.5. The van der Waals surface area contributed by atoms with Crippen LogP contribution in [0.4, 0.5) is 0 Å². The number of nitrogens with zero attached hydrogens (tertiary/aromatic N) is 3. The number of amides is 1. The molecule has 1 saturated heterocycles. The summed E-state index contributed by atoms with van der Waals surface area (Å²) in [7, 11) is 0. The lowest BCUT2D eigenvalue weighted by Crippen LogP contribution is -2.42. The highest BCUT2D eigenvalue weighted by Crippen LogP contribution is 2.22. The van der Waals surface area contributed by atoms with E-state index in [1.807, 2.05) is 24.3 Å². The molecule has 1 aromatic heterocycles. The van der Waals surface area contributed by atoms with Crippen molar-refractivity contribution in [2.45, 2.75) is 18.9 Å². The number of carboxylic acids is 1. The minimum Gasteiger partial charge on any atom is -0.493 e. The number of piperidine rings is 1. The monoisotopic (exact) mass is 526 g/mol. The van der Waals surface area contributed by atoms with E-state index in [4.69, 9.17) is 19.6 Å². The number of carboxylic acid groups (broad SMARTS) is 1. The molecule has 3 aromatic rings. The molecule has 1 atom stereocenters. The van der Waals surface area contributed by atoms with Crippen LogP contribution in [0.15, 0.2) is 90.1 Å². The van der Waals surface area contributed by atoms with Gasteiger partial charge in [0.25, 0.3) is 5.91 Å². The Kier molecular flexibility index (Phi) is 8.16. The molecule has 3 heterocycles. The van der Waals surface area contributed by atoms with Crippen molar-refractivity contribution in [2.75, 3.05) is 26.2 Å². The molecule has 0 radical (unpaired) electrons. The van der Waals surface area contributed by atoms with Crippen LogP contribution in [-0.2, 0) is 0 Å². The summed E-state index contributed by atoms with van der Waals surface area (Å²) in [5.74, 6) is 1.90. The van der Waals surface area contributed by atoms with Gasteiger partial charge in [-0.25, -0.2) is 9.78 Å². The molecule has 39 heavy (non-hydrogen) atoms. The van der Waals surface area contributed by atoms with Gasteiger partial charge in [0.1, 0.15) is 17.3 Å². The summed E-state index contributed by atoms with van der Waals surface area (Å²) in [6.07, 6.45) is 7.56. The van der Waals surface area contributed by atoms with Crippen molar-refractivity contribution < 1.29 is 24.2 Å². The fourth-order valence-electron chi connectivity index (χ4n) is 4.52. The Balaban J connectivity index is 1.05. The normalized spacial score (nSPS) is 17.3. The number of benzene rings is 2. The molecule has 1 unspecified atom stereocenters. The SMILES string of the molecule is O=C(O)c1cccc(OCC2CCN(C3=NCC(NC(=O)c4ccc(Oc5ccccn5)cc4)C=C3)CC2)c1. The Bertz CT molecular complexity index is 1350. The average Bonchev–Trinajstić information content (AvgIpc) is 2.98. The molecule has 5 rings (SSSR count). The van der Waals surface area contributed by atoms with E-state index in [9.17, 15) is 9.59 Å². The quantitative estimate of drug-likeness (QED) is 0.446. The van der Waals surface area contributed by atoms with E-state index in [2.05, 4.69) is 15.2 Å². The van der Waals surface area contributed by atoms with Crippen molar-refractivity contribution in [2.24, 2.45) is 10.9 Å². The minimum atomic E-state index is -0.960. The fourth-order valence-corrected chi connectivity index (χ4v) is 4.52. The number of hydrogen-bond acceptors (Lipinski definition) is 7. The van der Waals surface area contributed by atoms with Crippen LogP contribution >= 0.6 is 0 Å². The number of aliphatic imine (C=N–C) groups is 1. The van der Waals surface area contributed by atoms with Gasteiger partial charge in [-0.05, 0) is 73.4 Å². The minimum absolute atomic E-state index is 0.164. The summed E-state index contributed by atoms with van der Waals surface area (Å²) < 4.78 is 11.5. The third kappa shape index (κ3) is 7.01. The first-order valence-corrected chi connectivity index (χ1v) is 13.0. The first-order chi connectivity index (χ1) is 19.0. The first-order valence-electron chi connectivity index (χ1n) is 13.0. The van der Waals surface area contributed by atoms with Gasteiger partial charge in [-0.3, -0.25) is 9.79 Å². The van der Waals surface area contributed by atoms with E-state index in [1.54, 1.807) is 60.8 Å². The number of nitrogens with one attached hydrogen (secondary N) is 1. The van der Waals surface area contributed by atoms with Gasteiger partial charge in [-0.1, -0.05) is 18.2 Å². The zero-order valence-electron chi connectivity index (χ0n) is 21.4. The van der Waals surface area contributed by atoms with Gasteiger partial charge < -0.3 is 24.8 Å². The second-order valence-electron chi connectivity index (χ2n) is 9.51. The molecule has 0 saturated carbocycles. The van der Waals surface area contributed by atoms with Crippen molar-refractivity contribution in [3.63, 3.8) is 0 Å². The Morgan fingerprint density at radius 3 is 2.49 bits per heavy atom. The lowest BCUT2D eigenvalue weighted by molar-refractivity contribution is 0.0696. The molecule has 2 N–H and O–H groups in total. The van der Waals surface area contributed by atoms with Gasteiger partial charge in [-0.15, -0.1) is 0 Å². The molecule has 200 valence electrons. The summed E-state index contributed by atoms with van der Waals surface area (Å²) in [5, 5.41) is 12.2. The molecule has 2 aliphatic rings. The number of pyridine rings is 1. The third-order valence-electron chi connectivity index (χ3n) is 6.73. The van der Waals surface area contributed by atoms with Crippen LogP contribution in [0.2, 0.25) is 0 Å². The number of aromatic carboxylic acids is 1. The van der Waals surface area contributed by atoms with E-state index in [0.717, 1.165) is 31.8 Å². The van der Waals surface area contributed by atoms with Gasteiger partial charge in [0, 0.05) is 30.9 Å². The van der Waals surface area contributed by atoms with Crippen LogP contribution < -0.4 is 14.8 Å². The highest BCUT2D eigenvalue weighted by molar-refractivity contribution is 5.96. The van der Waals surface area contributed by atoms with Gasteiger partial charge in [0.15, 0.2) is 0 Å². The van der Waals surface area contributed by atoms with Gasteiger partial charge >= 0.3 is 5.97 Å². The molecule has 0 aliphatic carbocycles. The van der Waals surface area contributed by atoms with Crippen molar-refractivity contribution >= 4 is 17.7 Å². The second-order valence-corrected chi connectivity index (χ2v) is 9.51. The molecule has 9 heteroatoms. The molecule has 2 aliphatic heterocycles. The van der Waals surface area contributed by atoms with Gasteiger partial charge in [0.2, 0.25) is 5.88 Å². The number of rotatable bonds is 8. The van der Waals surface area contributed by atoms with Crippen molar-refractivity contribution in [1.82, 2.24) is 15.2 Å². The van der Waals surface area contributed by atoms with Crippen LogP contribution in [0.1, 0.15) is 33.6 Å². The van der Waals surface area contributed by atoms with E-state index in [1.165, 1.54) is 0 Å². The number of carbonyl (C=O) groups is 2. The third-order valence-corrected chi connectivity index (χ3v) is 6.73. The maximum atomic E-state index is 12.7. The summed E-state index contributed by atoms with van der Waals surface area (Å²) in [5.41, 5.74) is 0.772. The maximum Gasteiger partial charge on any atom is 0.335 e.